The van der Waals surface area contributed by atoms with Crippen LogP contribution >= 0.6 is 15.9 Å². The van der Waals surface area contributed by atoms with Gasteiger partial charge in [0.25, 0.3) is 0 Å². The second-order valence-corrected chi connectivity index (χ2v) is 16.0. The van der Waals surface area contributed by atoms with Crippen LogP contribution in [-0.4, -0.2) is 39.8 Å². The van der Waals surface area contributed by atoms with Gasteiger partial charge < -0.3 is 14.2 Å². The molecule has 2 amide bonds. The number of amides is 2. The van der Waals surface area contributed by atoms with Crippen LogP contribution in [0.25, 0.3) is 0 Å². The summed E-state index contributed by atoms with van der Waals surface area (Å²) in [5.74, 6) is 0.837. The first-order valence-corrected chi connectivity index (χ1v) is 19.9. The first kappa shape index (κ1) is 42.6. The number of alkyl halides is 1. The van der Waals surface area contributed by atoms with Crippen LogP contribution in [0, 0.1) is 0 Å². The quantitative estimate of drug-likeness (QED) is 0.0649. The lowest BCUT2D eigenvalue weighted by Gasteiger charge is -2.28. The van der Waals surface area contributed by atoms with Gasteiger partial charge in [-0.25, -0.2) is 9.59 Å². The molecule has 0 unspecified atom stereocenters. The van der Waals surface area contributed by atoms with E-state index in [1.165, 1.54) is 44.1 Å². The van der Waals surface area contributed by atoms with Gasteiger partial charge in [0.05, 0.1) is 6.61 Å². The highest BCUT2D eigenvalue weighted by atomic mass is 79.9. The summed E-state index contributed by atoms with van der Waals surface area (Å²) in [5.41, 5.74) is 3.88. The number of halogens is 1. The molecule has 0 atom stereocenters. The average molecular weight is 778 g/mol. The van der Waals surface area contributed by atoms with E-state index in [1.807, 2.05) is 108 Å². The van der Waals surface area contributed by atoms with E-state index in [0.29, 0.717) is 32.8 Å². The Balaban J connectivity index is 1.61. The van der Waals surface area contributed by atoms with E-state index in [2.05, 4.69) is 34.6 Å². The zero-order valence-corrected chi connectivity index (χ0v) is 34.0. The summed E-state index contributed by atoms with van der Waals surface area (Å²) >= 11 is 3.49. The van der Waals surface area contributed by atoms with Gasteiger partial charge in [-0.15, -0.1) is 6.58 Å². The molecule has 0 bridgehead atoms. The number of unbranched alkanes of at least 4 members (excludes halogenated alkanes) is 7. The van der Waals surface area contributed by atoms with Crippen LogP contribution in [-0.2, 0) is 41.0 Å². The maximum Gasteiger partial charge on any atom is 0.410 e. The van der Waals surface area contributed by atoms with Gasteiger partial charge in [-0.1, -0.05) is 115 Å². The largest absolute Gasteiger partial charge is 0.494 e. The van der Waals surface area contributed by atoms with Crippen molar-refractivity contribution < 1.29 is 23.8 Å². The summed E-state index contributed by atoms with van der Waals surface area (Å²) < 4.78 is 17.6. The van der Waals surface area contributed by atoms with Crippen LogP contribution in [0.5, 0.6) is 5.75 Å². The molecule has 0 spiro atoms. The molecule has 0 aliphatic heterocycles. The third-order valence-electron chi connectivity index (χ3n) is 8.24. The van der Waals surface area contributed by atoms with Crippen molar-refractivity contribution >= 4 is 28.1 Å². The monoisotopic (exact) mass is 776 g/mol. The Hall–Kier alpha value is -3.78. The second-order valence-electron chi connectivity index (χ2n) is 15.5. The number of allylic oxidation sites excluding steroid dienone is 1. The molecule has 7 nitrogen and oxygen atoms in total. The van der Waals surface area contributed by atoms with Crippen LogP contribution in [0.1, 0.15) is 121 Å². The normalized spacial score (nSPS) is 11.5. The lowest BCUT2D eigenvalue weighted by atomic mass is 10.1. The van der Waals surface area contributed by atoms with Crippen molar-refractivity contribution in [2.24, 2.45) is 0 Å². The zero-order chi connectivity index (χ0) is 38.0. The zero-order valence-electron chi connectivity index (χ0n) is 32.4. The van der Waals surface area contributed by atoms with E-state index in [4.69, 9.17) is 14.2 Å². The Morgan fingerprint density at radius 2 is 0.923 bits per heavy atom. The summed E-state index contributed by atoms with van der Waals surface area (Å²) in [6, 6.07) is 24.2. The van der Waals surface area contributed by atoms with Gasteiger partial charge in [-0.05, 0) is 101 Å². The number of hydrogen-bond donors (Lipinski definition) is 0. The SMILES string of the molecule is C=CCCCCCCCCCOc1ccc(CN(Cc2ccc(CN(Cc3ccc(CBr)cc3)C(=O)OC(C)(C)C)cc2)C(=O)OC(C)(C)C)cc1. The summed E-state index contributed by atoms with van der Waals surface area (Å²) in [6.07, 6.45) is 11.0. The number of rotatable bonds is 20. The number of nitrogens with zero attached hydrogens (tertiary/aromatic N) is 2. The van der Waals surface area contributed by atoms with E-state index in [9.17, 15) is 9.59 Å². The van der Waals surface area contributed by atoms with E-state index in [-0.39, 0.29) is 12.2 Å². The van der Waals surface area contributed by atoms with Gasteiger partial charge in [0.2, 0.25) is 0 Å². The van der Waals surface area contributed by atoms with E-state index in [0.717, 1.165) is 46.2 Å². The van der Waals surface area contributed by atoms with Crippen molar-refractivity contribution in [1.82, 2.24) is 9.80 Å². The molecule has 0 aliphatic rings. The minimum atomic E-state index is -0.623. The molecule has 0 saturated carbocycles. The van der Waals surface area contributed by atoms with E-state index < -0.39 is 11.2 Å². The second kappa shape index (κ2) is 21.7. The van der Waals surface area contributed by atoms with Gasteiger partial charge >= 0.3 is 12.2 Å². The molecule has 0 heterocycles. The van der Waals surface area contributed by atoms with Crippen LogP contribution in [0.2, 0.25) is 0 Å². The van der Waals surface area contributed by atoms with Crippen molar-refractivity contribution in [3.63, 3.8) is 0 Å². The average Bonchev–Trinajstić information content (AvgIpc) is 3.08. The maximum absolute atomic E-state index is 13.4. The molecule has 52 heavy (non-hydrogen) atoms. The first-order chi connectivity index (χ1) is 24.7. The number of carbonyl (C=O) groups excluding carboxylic acids is 2. The number of carbonyl (C=O) groups is 2. The smallest absolute Gasteiger partial charge is 0.410 e. The maximum atomic E-state index is 13.4. The molecule has 3 aromatic carbocycles. The van der Waals surface area contributed by atoms with Crippen molar-refractivity contribution in [2.45, 2.75) is 136 Å². The Bertz CT molecular complexity index is 1490. The van der Waals surface area contributed by atoms with Crippen LogP contribution in [0.3, 0.4) is 0 Å². The fourth-order valence-corrected chi connectivity index (χ4v) is 5.92. The summed E-state index contributed by atoms with van der Waals surface area (Å²) in [4.78, 5) is 30.1. The van der Waals surface area contributed by atoms with Crippen LogP contribution in [0.4, 0.5) is 9.59 Å². The number of hydrogen-bond acceptors (Lipinski definition) is 5. The van der Waals surface area contributed by atoms with Crippen molar-refractivity contribution in [1.29, 1.82) is 0 Å². The van der Waals surface area contributed by atoms with Gasteiger partial charge in [-0.3, -0.25) is 9.80 Å². The van der Waals surface area contributed by atoms with E-state index >= 15 is 0 Å². The fraction of sp³-hybridized carbons (Fsp3) is 0.500. The minimum Gasteiger partial charge on any atom is -0.494 e. The summed E-state index contributed by atoms with van der Waals surface area (Å²) in [6.45, 7) is 17.3. The fourth-order valence-electron chi connectivity index (χ4n) is 5.54. The Morgan fingerprint density at radius 1 is 0.577 bits per heavy atom. The molecule has 0 aromatic heterocycles. The van der Waals surface area contributed by atoms with Gasteiger partial charge in [-0.2, -0.15) is 0 Å². The van der Waals surface area contributed by atoms with Crippen LogP contribution in [0.15, 0.2) is 85.5 Å². The summed E-state index contributed by atoms with van der Waals surface area (Å²) in [7, 11) is 0. The lowest BCUT2D eigenvalue weighted by molar-refractivity contribution is 0.0205. The first-order valence-electron chi connectivity index (χ1n) is 18.7. The molecule has 0 fully saturated rings. The molecular formula is C44H61BrN2O5. The number of benzene rings is 3. The van der Waals surface area contributed by atoms with Gasteiger partial charge in [0.1, 0.15) is 17.0 Å². The summed E-state index contributed by atoms with van der Waals surface area (Å²) in [5, 5.41) is 0.778. The molecule has 8 heteroatoms. The Kier molecular flexibility index (Phi) is 17.8. The third-order valence-corrected chi connectivity index (χ3v) is 8.89. The Labute approximate surface area is 321 Å². The van der Waals surface area contributed by atoms with Crippen LogP contribution < -0.4 is 4.74 Å². The van der Waals surface area contributed by atoms with Gasteiger partial charge in [0, 0.05) is 31.5 Å². The number of ether oxygens (including phenoxy) is 3. The predicted octanol–water partition coefficient (Wildman–Crippen LogP) is 12.1. The molecule has 284 valence electrons. The predicted molar refractivity (Wildman–Crippen MR) is 216 cm³/mol. The van der Waals surface area contributed by atoms with E-state index in [1.54, 1.807) is 9.80 Å². The molecule has 0 aliphatic carbocycles. The molecule has 0 saturated heterocycles. The van der Waals surface area contributed by atoms with Gasteiger partial charge in [0.15, 0.2) is 0 Å². The minimum absolute atomic E-state index is 0.366. The highest BCUT2D eigenvalue weighted by molar-refractivity contribution is 9.08. The standard InChI is InChI=1S/C44H61BrN2O5/c1-8-9-10-11-12-13-14-15-16-29-50-40-27-25-39(26-28-40)34-47(42(49)52-44(5,6)7)33-38-23-21-37(22-24-38)32-46(41(48)51-43(2,3)4)31-36-19-17-35(30-45)18-20-36/h8,17-28H,1,9-16,29-34H2,2-7H3. The highest BCUT2D eigenvalue weighted by Gasteiger charge is 2.24. The van der Waals surface area contributed by atoms with Crippen molar-refractivity contribution in [2.75, 3.05) is 6.61 Å². The highest BCUT2D eigenvalue weighted by Crippen LogP contribution is 2.21. The lowest BCUT2D eigenvalue weighted by Crippen LogP contribution is -2.36. The molecular weight excluding hydrogens is 716 g/mol. The molecule has 3 rings (SSSR count). The molecule has 0 N–H and O–H groups in total. The van der Waals surface area contributed by atoms with Crippen molar-refractivity contribution in [3.8, 4) is 5.75 Å². The van der Waals surface area contributed by atoms with Crippen molar-refractivity contribution in [3.05, 3.63) is 113 Å². The third kappa shape index (κ3) is 17.2. The Morgan fingerprint density at radius 3 is 1.29 bits per heavy atom. The molecule has 0 radical (unpaired) electrons. The topological polar surface area (TPSA) is 68.3 Å². The molecule has 3 aromatic rings.